The monoisotopic (exact) mass is 943 g/mol. The number of nitrogens with one attached hydrogen (secondary N) is 2. The van der Waals surface area contributed by atoms with Crippen LogP contribution in [0.4, 0.5) is 23.5 Å². The molecule has 6 heterocycles. The van der Waals surface area contributed by atoms with Gasteiger partial charge >= 0.3 is 0 Å². The van der Waals surface area contributed by atoms with Gasteiger partial charge in [-0.1, -0.05) is 41.5 Å². The fraction of sp³-hybridized carbons (Fsp3) is 0.735. The quantitative estimate of drug-likeness (QED) is 0.0594. The van der Waals surface area contributed by atoms with E-state index in [0.29, 0.717) is 111 Å². The molecule has 68 heavy (non-hydrogen) atoms. The number of aliphatic hydroxyl groups is 4. The first-order valence-electron chi connectivity index (χ1n) is 25.6. The van der Waals surface area contributed by atoms with Crippen molar-refractivity contribution < 1.29 is 34.8 Å². The number of hydrogen-bond acceptors (Lipinski definition) is 17. The summed E-state index contributed by atoms with van der Waals surface area (Å²) in [5.74, 6) is 2.14. The van der Waals surface area contributed by atoms with E-state index in [0.717, 1.165) is 38.5 Å². The number of aromatic nitrogens is 8. The summed E-state index contributed by atoms with van der Waals surface area (Å²) >= 11 is 0. The molecule has 0 bridgehead atoms. The maximum atomic E-state index is 13.9. The van der Waals surface area contributed by atoms with Gasteiger partial charge in [0.1, 0.15) is 29.6 Å². The third kappa shape index (κ3) is 10.2. The smallest absolute Gasteiger partial charge is 0.229 e. The lowest BCUT2D eigenvalue weighted by Crippen LogP contribution is -2.30. The zero-order chi connectivity index (χ0) is 48.4. The maximum Gasteiger partial charge on any atom is 0.229 e. The summed E-state index contributed by atoms with van der Waals surface area (Å²) in [5, 5.41) is 51.6. The molecular formula is C49H74N12O7. The van der Waals surface area contributed by atoms with Crippen molar-refractivity contribution in [1.29, 1.82) is 0 Å². The van der Waals surface area contributed by atoms with Crippen molar-refractivity contribution in [2.45, 2.75) is 180 Å². The molecule has 2 aliphatic carbocycles. The van der Waals surface area contributed by atoms with Crippen LogP contribution < -0.4 is 20.4 Å². The standard InChI is InChI=1S/C49H74N12O7/c1-7-31(8-2)52-44-38-46(60(25-50-38)36-21-29(19-33(62)11-5)40(65)42(36)67)56-48(54-44)58-15-13-27(23-58)17-35(64)18-28-14-16-59(24-28)49-55-45(53-32(9-3)10-4)39-47(57-49)61(26-51-39)37-22-30(20-34(63)12-6)41(66)43(37)68/h25-32,36-37,40-43,65-68H,7-24H2,1-6H3,(H,52,54,56)(H,53,55,57)/t27-,28-,29-,30-,36+,37+,40+,41+,42-,43-/m0/s1. The molecule has 2 saturated carbocycles. The molecule has 0 amide bonds. The van der Waals surface area contributed by atoms with E-state index in [1.54, 1.807) is 12.7 Å². The Morgan fingerprint density at radius 3 is 1.34 bits per heavy atom. The molecule has 2 aliphatic heterocycles. The van der Waals surface area contributed by atoms with Crippen LogP contribution in [0.25, 0.3) is 22.3 Å². The van der Waals surface area contributed by atoms with E-state index in [1.165, 1.54) is 0 Å². The Kier molecular flexibility index (Phi) is 15.6. The molecule has 8 rings (SSSR count). The molecule has 4 aromatic heterocycles. The summed E-state index contributed by atoms with van der Waals surface area (Å²) in [5.41, 5.74) is 2.29. The van der Waals surface area contributed by atoms with Gasteiger partial charge in [0.25, 0.3) is 0 Å². The minimum absolute atomic E-state index is 0.0559. The Hall–Kier alpha value is -4.85. The van der Waals surface area contributed by atoms with Crippen LogP contribution in [0.15, 0.2) is 12.7 Å². The highest BCUT2D eigenvalue weighted by Crippen LogP contribution is 2.42. The van der Waals surface area contributed by atoms with E-state index in [1.807, 2.05) is 23.0 Å². The lowest BCUT2D eigenvalue weighted by atomic mass is 9.94. The van der Waals surface area contributed by atoms with Crippen molar-refractivity contribution in [2.75, 3.05) is 46.6 Å². The van der Waals surface area contributed by atoms with Gasteiger partial charge in [-0.05, 0) is 75.0 Å². The second-order valence-corrected chi connectivity index (χ2v) is 20.1. The van der Waals surface area contributed by atoms with Crippen molar-refractivity contribution in [2.24, 2.45) is 23.7 Å². The molecular weight excluding hydrogens is 869 g/mol. The van der Waals surface area contributed by atoms with E-state index in [-0.39, 0.29) is 65.9 Å². The number of hydrogen-bond donors (Lipinski definition) is 6. The second kappa shape index (κ2) is 21.4. The fourth-order valence-electron chi connectivity index (χ4n) is 11.3. The number of nitrogens with zero attached hydrogens (tertiary/aromatic N) is 10. The predicted octanol–water partition coefficient (Wildman–Crippen LogP) is 5.17. The fourth-order valence-corrected chi connectivity index (χ4v) is 11.3. The molecule has 4 aromatic rings. The average Bonchev–Trinajstić information content (AvgIpc) is 4.22. The van der Waals surface area contributed by atoms with E-state index in [4.69, 9.17) is 29.9 Å². The van der Waals surface area contributed by atoms with Gasteiger partial charge in [0, 0.05) is 76.8 Å². The van der Waals surface area contributed by atoms with Gasteiger partial charge in [-0.3, -0.25) is 14.4 Å². The predicted molar refractivity (Wildman–Crippen MR) is 260 cm³/mol. The molecule has 6 N–H and O–H groups in total. The van der Waals surface area contributed by atoms with Crippen molar-refractivity contribution in [3.05, 3.63) is 12.7 Å². The van der Waals surface area contributed by atoms with Crippen LogP contribution in [0.2, 0.25) is 0 Å². The minimum Gasteiger partial charge on any atom is -0.390 e. The average molecular weight is 943 g/mol. The van der Waals surface area contributed by atoms with Gasteiger partial charge in [-0.25, -0.2) is 9.97 Å². The zero-order valence-corrected chi connectivity index (χ0v) is 40.8. The molecule has 0 unspecified atom stereocenters. The summed E-state index contributed by atoms with van der Waals surface area (Å²) in [4.78, 5) is 72.4. The first-order valence-corrected chi connectivity index (χ1v) is 25.6. The Morgan fingerprint density at radius 1 is 0.574 bits per heavy atom. The summed E-state index contributed by atoms with van der Waals surface area (Å²) in [6.07, 6.45) is 7.21. The zero-order valence-electron chi connectivity index (χ0n) is 40.8. The molecule has 19 nitrogen and oxygen atoms in total. The van der Waals surface area contributed by atoms with Gasteiger partial charge in [-0.2, -0.15) is 19.9 Å². The lowest BCUT2D eigenvalue weighted by molar-refractivity contribution is -0.121. The molecule has 10 atom stereocenters. The third-order valence-corrected chi connectivity index (χ3v) is 15.7. The molecule has 0 aromatic carbocycles. The molecule has 0 radical (unpaired) electrons. The van der Waals surface area contributed by atoms with Crippen LogP contribution in [0.1, 0.15) is 144 Å². The molecule has 19 heteroatoms. The van der Waals surface area contributed by atoms with Crippen molar-refractivity contribution in [3.8, 4) is 0 Å². The summed E-state index contributed by atoms with van der Waals surface area (Å²) in [6, 6.07) is -0.690. The largest absolute Gasteiger partial charge is 0.390 e. The van der Waals surface area contributed by atoms with Crippen molar-refractivity contribution >= 4 is 63.2 Å². The number of carbonyl (C=O) groups is 3. The van der Waals surface area contributed by atoms with Crippen LogP contribution in [-0.2, 0) is 14.4 Å². The Morgan fingerprint density at radius 2 is 0.971 bits per heavy atom. The van der Waals surface area contributed by atoms with Crippen molar-refractivity contribution in [1.82, 2.24) is 39.0 Å². The number of aliphatic hydroxyl groups excluding tert-OH is 4. The van der Waals surface area contributed by atoms with Crippen LogP contribution in [0.5, 0.6) is 0 Å². The Balaban J connectivity index is 0.951. The summed E-state index contributed by atoms with van der Waals surface area (Å²) < 4.78 is 3.68. The first-order chi connectivity index (χ1) is 32.8. The number of Topliss-reactive ketones (excluding diaryl/α,β-unsaturated/α-hetero) is 3. The molecule has 4 fully saturated rings. The molecule has 4 aliphatic rings. The highest BCUT2D eigenvalue weighted by molar-refractivity contribution is 5.86. The molecule has 0 spiro atoms. The lowest BCUT2D eigenvalue weighted by Gasteiger charge is -2.22. The topological polar surface area (TPSA) is 250 Å². The summed E-state index contributed by atoms with van der Waals surface area (Å²) in [7, 11) is 0. The highest BCUT2D eigenvalue weighted by atomic mass is 16.3. The number of imidazole rings is 2. The second-order valence-electron chi connectivity index (χ2n) is 20.1. The van der Waals surface area contributed by atoms with E-state index >= 15 is 0 Å². The number of fused-ring (bicyclic) bond motifs is 2. The molecule has 2 saturated heterocycles. The third-order valence-electron chi connectivity index (χ3n) is 15.7. The normalized spacial score (nSPS) is 27.5. The van der Waals surface area contributed by atoms with Gasteiger partial charge in [0.15, 0.2) is 34.0 Å². The van der Waals surface area contributed by atoms with Gasteiger partial charge in [0.2, 0.25) is 11.9 Å². The first kappa shape index (κ1) is 49.6. The van der Waals surface area contributed by atoms with Gasteiger partial charge in [0.05, 0.1) is 36.9 Å². The SMILES string of the molecule is CCC(=O)C[C@H]1C[C@@H](n2cnc3c(NC(CC)CC)nc(N4CC[C@@H](CC(=O)C[C@@H]5CCN(c6nc(NC(CC)CC)c7ncn([C@@H]8C[C@H](CC(=O)CC)[C@@H](O)[C@H]8O)c7n6)C5)C4)nc32)[C@H](O)[C@@H]1O. The van der Waals surface area contributed by atoms with Crippen molar-refractivity contribution in [3.63, 3.8) is 0 Å². The van der Waals surface area contributed by atoms with Crippen LogP contribution in [0, 0.1) is 23.7 Å². The Labute approximate surface area is 398 Å². The highest BCUT2D eigenvalue weighted by Gasteiger charge is 2.45. The van der Waals surface area contributed by atoms with E-state index < -0.39 is 36.5 Å². The Bertz CT molecular complexity index is 2240. The molecule has 372 valence electrons. The van der Waals surface area contributed by atoms with Gasteiger partial charge in [-0.15, -0.1) is 0 Å². The number of anilines is 4. The van der Waals surface area contributed by atoms with Gasteiger partial charge < -0.3 is 50.0 Å². The van der Waals surface area contributed by atoms with E-state index in [9.17, 15) is 34.8 Å². The van der Waals surface area contributed by atoms with Crippen LogP contribution in [0.3, 0.4) is 0 Å². The van der Waals surface area contributed by atoms with Crippen LogP contribution >= 0.6 is 0 Å². The number of rotatable bonds is 22. The van der Waals surface area contributed by atoms with E-state index in [2.05, 4.69) is 48.1 Å². The van der Waals surface area contributed by atoms with Crippen LogP contribution in [-0.4, -0.2) is 139 Å². The maximum absolute atomic E-state index is 13.9. The number of carbonyl (C=O) groups excluding carboxylic acids is 3. The number of ketones is 3. The summed E-state index contributed by atoms with van der Waals surface area (Å²) in [6.45, 7) is 14.7. The minimum atomic E-state index is -1.08.